The highest BCUT2D eigenvalue weighted by atomic mass is 32.1. The van der Waals surface area contributed by atoms with Gasteiger partial charge in [0, 0.05) is 25.7 Å². The predicted molar refractivity (Wildman–Crippen MR) is 98.2 cm³/mol. The molecule has 6 heteroatoms. The van der Waals surface area contributed by atoms with Crippen molar-refractivity contribution in [3.8, 4) is 0 Å². The molecule has 1 aliphatic carbocycles. The Balaban J connectivity index is 1.38. The van der Waals surface area contributed by atoms with E-state index in [0.29, 0.717) is 12.5 Å². The largest absolute Gasteiger partial charge is 0.338 e. The zero-order chi connectivity index (χ0) is 17.4. The molecular formula is C19H23N3O2S. The minimum atomic E-state index is 0.0215. The summed E-state index contributed by atoms with van der Waals surface area (Å²) in [5, 5.41) is 6.60. The van der Waals surface area contributed by atoms with Crippen LogP contribution in [-0.2, 0) is 19.4 Å². The topological polar surface area (TPSA) is 55.2 Å². The first kappa shape index (κ1) is 16.5. The smallest absolute Gasteiger partial charge is 0.267 e. The molecule has 0 radical (unpaired) electrons. The maximum Gasteiger partial charge on any atom is 0.267 e. The van der Waals surface area contributed by atoms with Gasteiger partial charge in [-0.1, -0.05) is 0 Å². The predicted octanol–water partition coefficient (Wildman–Crippen LogP) is 2.65. The summed E-state index contributed by atoms with van der Waals surface area (Å²) in [6.07, 6.45) is 4.95. The van der Waals surface area contributed by atoms with Crippen molar-refractivity contribution in [2.45, 2.75) is 45.6 Å². The summed E-state index contributed by atoms with van der Waals surface area (Å²) in [6.45, 7) is 4.22. The molecule has 2 aromatic rings. The number of likely N-dealkylation sites (tertiary alicyclic amines) is 1. The normalized spacial score (nSPS) is 17.7. The van der Waals surface area contributed by atoms with E-state index in [-0.39, 0.29) is 11.5 Å². The van der Waals surface area contributed by atoms with Gasteiger partial charge in [-0.25, -0.2) is 4.68 Å². The zero-order valence-electron chi connectivity index (χ0n) is 14.5. The van der Waals surface area contributed by atoms with Crippen molar-refractivity contribution < 1.29 is 4.79 Å². The van der Waals surface area contributed by atoms with E-state index >= 15 is 0 Å². The van der Waals surface area contributed by atoms with Crippen LogP contribution in [0.15, 0.2) is 22.3 Å². The SMILES string of the molecule is Cc1csc(C(=O)N2CCC(Cn3nc4c(cc3=O)CCC4)CC2)c1. The Bertz CT molecular complexity index is 847. The van der Waals surface area contributed by atoms with Gasteiger partial charge in [0.15, 0.2) is 0 Å². The number of fused-ring (bicyclic) bond motifs is 1. The minimum absolute atomic E-state index is 0.0215. The molecule has 3 heterocycles. The van der Waals surface area contributed by atoms with Crippen LogP contribution < -0.4 is 5.56 Å². The summed E-state index contributed by atoms with van der Waals surface area (Å²) >= 11 is 1.52. The maximum absolute atomic E-state index is 12.5. The Hall–Kier alpha value is -1.95. The summed E-state index contributed by atoms with van der Waals surface area (Å²) in [7, 11) is 0. The third-order valence-electron chi connectivity index (χ3n) is 5.30. The molecular weight excluding hydrogens is 334 g/mol. The molecule has 1 amide bonds. The van der Waals surface area contributed by atoms with Gasteiger partial charge in [0.2, 0.25) is 0 Å². The Morgan fingerprint density at radius 2 is 2.08 bits per heavy atom. The molecule has 2 aromatic heterocycles. The van der Waals surface area contributed by atoms with E-state index in [1.165, 1.54) is 11.3 Å². The lowest BCUT2D eigenvalue weighted by Gasteiger charge is -2.31. The molecule has 0 unspecified atom stereocenters. The van der Waals surface area contributed by atoms with Crippen molar-refractivity contribution >= 4 is 17.2 Å². The summed E-state index contributed by atoms with van der Waals surface area (Å²) in [6, 6.07) is 3.74. The van der Waals surface area contributed by atoms with Crippen LogP contribution in [0.5, 0.6) is 0 Å². The molecule has 0 N–H and O–H groups in total. The number of amides is 1. The molecule has 2 aliphatic rings. The minimum Gasteiger partial charge on any atom is -0.338 e. The van der Waals surface area contributed by atoms with Crippen LogP contribution in [0.4, 0.5) is 0 Å². The molecule has 1 fully saturated rings. The number of rotatable bonds is 3. The first-order valence-corrected chi connectivity index (χ1v) is 9.92. The molecule has 0 atom stereocenters. The first-order valence-electron chi connectivity index (χ1n) is 9.04. The lowest BCUT2D eigenvalue weighted by Crippen LogP contribution is -2.40. The molecule has 0 spiro atoms. The number of aromatic nitrogens is 2. The van der Waals surface area contributed by atoms with Crippen molar-refractivity contribution in [1.82, 2.24) is 14.7 Å². The summed E-state index contributed by atoms with van der Waals surface area (Å²) in [4.78, 5) is 27.6. The van der Waals surface area contributed by atoms with Crippen LogP contribution in [0.3, 0.4) is 0 Å². The molecule has 0 aromatic carbocycles. The van der Waals surface area contributed by atoms with Crippen molar-refractivity contribution in [3.63, 3.8) is 0 Å². The Morgan fingerprint density at radius 1 is 1.28 bits per heavy atom. The van der Waals surface area contributed by atoms with Gasteiger partial charge in [-0.05, 0) is 67.5 Å². The van der Waals surface area contributed by atoms with Crippen LogP contribution in [0.25, 0.3) is 0 Å². The second-order valence-corrected chi connectivity index (χ2v) is 8.13. The van der Waals surface area contributed by atoms with Crippen molar-refractivity contribution in [2.24, 2.45) is 5.92 Å². The number of hydrogen-bond acceptors (Lipinski definition) is 4. The van der Waals surface area contributed by atoms with Crippen LogP contribution in [-0.4, -0.2) is 33.7 Å². The molecule has 0 saturated carbocycles. The average Bonchev–Trinajstić information content (AvgIpc) is 3.24. The van der Waals surface area contributed by atoms with Gasteiger partial charge >= 0.3 is 0 Å². The summed E-state index contributed by atoms with van der Waals surface area (Å²) < 4.78 is 1.65. The fraction of sp³-hybridized carbons (Fsp3) is 0.526. The number of aryl methyl sites for hydroxylation is 3. The van der Waals surface area contributed by atoms with Crippen LogP contribution in [0, 0.1) is 12.8 Å². The highest BCUT2D eigenvalue weighted by Gasteiger charge is 2.25. The Labute approximate surface area is 151 Å². The number of thiophene rings is 1. The third kappa shape index (κ3) is 3.40. The number of nitrogens with zero attached hydrogens (tertiary/aromatic N) is 3. The van der Waals surface area contributed by atoms with Crippen molar-refractivity contribution in [2.75, 3.05) is 13.1 Å². The molecule has 25 heavy (non-hydrogen) atoms. The second kappa shape index (κ2) is 6.75. The summed E-state index contributed by atoms with van der Waals surface area (Å²) in [5.74, 6) is 0.558. The van der Waals surface area contributed by atoms with Gasteiger partial charge in [0.25, 0.3) is 11.5 Å². The molecule has 4 rings (SSSR count). The first-order chi connectivity index (χ1) is 12.1. The van der Waals surface area contributed by atoms with Gasteiger partial charge in [-0.3, -0.25) is 9.59 Å². The van der Waals surface area contributed by atoms with Gasteiger partial charge in [0.05, 0.1) is 10.6 Å². The summed E-state index contributed by atoms with van der Waals surface area (Å²) in [5.41, 5.74) is 3.40. The van der Waals surface area contributed by atoms with Crippen molar-refractivity contribution in [3.05, 3.63) is 49.6 Å². The standard InChI is InChI=1S/C19H23N3O2S/c1-13-9-17(25-12-13)19(24)21-7-5-14(6-8-21)11-22-18(23)10-15-3-2-4-16(15)20-22/h9-10,12,14H,2-8,11H2,1H3. The zero-order valence-corrected chi connectivity index (χ0v) is 15.3. The van der Waals surface area contributed by atoms with Gasteiger partial charge in [-0.2, -0.15) is 5.10 Å². The van der Waals surface area contributed by atoms with Crippen LogP contribution >= 0.6 is 11.3 Å². The van der Waals surface area contributed by atoms with Crippen molar-refractivity contribution in [1.29, 1.82) is 0 Å². The number of piperidine rings is 1. The molecule has 0 bridgehead atoms. The van der Waals surface area contributed by atoms with Crippen LogP contribution in [0.2, 0.25) is 0 Å². The molecule has 132 valence electrons. The fourth-order valence-corrected chi connectivity index (χ4v) is 4.70. The third-order valence-corrected chi connectivity index (χ3v) is 6.33. The highest BCUT2D eigenvalue weighted by molar-refractivity contribution is 7.12. The van der Waals surface area contributed by atoms with E-state index in [2.05, 4.69) is 5.10 Å². The quantitative estimate of drug-likeness (QED) is 0.849. The average molecular weight is 357 g/mol. The Morgan fingerprint density at radius 3 is 2.80 bits per heavy atom. The van der Waals surface area contributed by atoms with E-state index in [4.69, 9.17) is 0 Å². The maximum atomic E-state index is 12.5. The lowest BCUT2D eigenvalue weighted by molar-refractivity contribution is 0.0685. The van der Waals surface area contributed by atoms with E-state index in [1.807, 2.05) is 23.3 Å². The number of carbonyl (C=O) groups excluding carboxylic acids is 1. The van der Waals surface area contributed by atoms with E-state index in [1.54, 1.807) is 10.7 Å². The van der Waals surface area contributed by atoms with Gasteiger partial charge in [0.1, 0.15) is 0 Å². The van der Waals surface area contributed by atoms with Crippen LogP contribution in [0.1, 0.15) is 45.8 Å². The molecule has 5 nitrogen and oxygen atoms in total. The molecule has 1 saturated heterocycles. The lowest BCUT2D eigenvalue weighted by atomic mass is 9.96. The number of hydrogen-bond donors (Lipinski definition) is 0. The van der Waals surface area contributed by atoms with E-state index in [9.17, 15) is 9.59 Å². The van der Waals surface area contributed by atoms with Gasteiger partial charge < -0.3 is 4.90 Å². The van der Waals surface area contributed by atoms with Gasteiger partial charge in [-0.15, -0.1) is 11.3 Å². The molecule has 1 aliphatic heterocycles. The second-order valence-electron chi connectivity index (χ2n) is 7.21. The highest BCUT2D eigenvalue weighted by Crippen LogP contribution is 2.23. The monoisotopic (exact) mass is 357 g/mol. The van der Waals surface area contributed by atoms with E-state index in [0.717, 1.165) is 66.9 Å². The Kier molecular flexibility index (Phi) is 4.46. The number of carbonyl (C=O) groups is 1. The van der Waals surface area contributed by atoms with E-state index < -0.39 is 0 Å². The fourth-order valence-electron chi connectivity index (χ4n) is 3.83.